The second kappa shape index (κ2) is 11.3. The summed E-state index contributed by atoms with van der Waals surface area (Å²) in [6, 6.07) is 24.9. The number of fused-ring (bicyclic) bond motifs is 1. The van der Waals surface area contributed by atoms with Gasteiger partial charge >= 0.3 is 5.97 Å². The number of aromatic nitrogens is 1. The summed E-state index contributed by atoms with van der Waals surface area (Å²) in [4.78, 5) is 44.0. The van der Waals surface area contributed by atoms with Crippen LogP contribution in [0.15, 0.2) is 106 Å². The van der Waals surface area contributed by atoms with Crippen LogP contribution < -0.4 is 24.9 Å². The van der Waals surface area contributed by atoms with Gasteiger partial charge in [0.2, 0.25) is 0 Å². The summed E-state index contributed by atoms with van der Waals surface area (Å²) in [7, 11) is 1.31. The van der Waals surface area contributed by atoms with Crippen molar-refractivity contribution in [3.8, 4) is 5.75 Å². The number of allylic oxidation sites excluding steroid dienone is 1. The second-order valence-electron chi connectivity index (χ2n) is 8.72. The molecule has 3 aromatic carbocycles. The first-order valence-corrected chi connectivity index (χ1v) is 13.0. The first kappa shape index (κ1) is 25.9. The average molecular weight is 540 g/mol. The van der Waals surface area contributed by atoms with E-state index in [0.29, 0.717) is 37.6 Å². The number of hydrogen-bond acceptors (Lipinski definition) is 7. The number of nitrogens with zero attached hydrogens (tertiary/aromatic N) is 2. The third-order valence-corrected chi connectivity index (χ3v) is 7.15. The van der Waals surface area contributed by atoms with Crippen LogP contribution in [0.2, 0.25) is 0 Å². The molecule has 1 N–H and O–H groups in total. The van der Waals surface area contributed by atoms with Gasteiger partial charge in [-0.3, -0.25) is 14.2 Å². The summed E-state index contributed by atoms with van der Waals surface area (Å²) < 4.78 is 12.8. The molecule has 0 spiro atoms. The normalized spacial score (nSPS) is 14.8. The summed E-state index contributed by atoms with van der Waals surface area (Å²) in [6.45, 7) is 1.54. The molecular weight excluding hydrogens is 514 g/mol. The number of carbonyl (C=O) groups excluding carboxylic acids is 2. The van der Waals surface area contributed by atoms with E-state index in [1.807, 2.05) is 60.7 Å². The lowest BCUT2D eigenvalue weighted by Crippen LogP contribution is -2.39. The minimum Gasteiger partial charge on any atom is -0.483 e. The molecule has 196 valence electrons. The number of carbonyl (C=O) groups is 2. The fourth-order valence-electron chi connectivity index (χ4n) is 4.38. The number of para-hydroxylation sites is 2. The smallest absolute Gasteiger partial charge is 0.338 e. The molecule has 8 nitrogen and oxygen atoms in total. The molecule has 1 unspecified atom stereocenters. The summed E-state index contributed by atoms with van der Waals surface area (Å²) >= 11 is 1.22. The molecule has 0 bridgehead atoms. The van der Waals surface area contributed by atoms with E-state index in [9.17, 15) is 14.4 Å². The van der Waals surface area contributed by atoms with Gasteiger partial charge in [-0.1, -0.05) is 78.1 Å². The molecule has 1 aliphatic heterocycles. The van der Waals surface area contributed by atoms with Crippen LogP contribution in [0.1, 0.15) is 24.1 Å². The van der Waals surface area contributed by atoms with Crippen molar-refractivity contribution in [2.24, 2.45) is 4.99 Å². The van der Waals surface area contributed by atoms with Crippen molar-refractivity contribution < 1.29 is 19.1 Å². The Morgan fingerprint density at radius 1 is 1.00 bits per heavy atom. The van der Waals surface area contributed by atoms with E-state index < -0.39 is 12.0 Å². The fraction of sp³-hybridized carbons (Fsp3) is 0.133. The van der Waals surface area contributed by atoms with Gasteiger partial charge in [-0.2, -0.15) is 0 Å². The highest BCUT2D eigenvalue weighted by atomic mass is 32.1. The summed E-state index contributed by atoms with van der Waals surface area (Å²) in [6.07, 6.45) is 1.72. The number of hydrogen-bond donors (Lipinski definition) is 1. The highest BCUT2D eigenvalue weighted by molar-refractivity contribution is 7.07. The number of methoxy groups -OCH3 is 1. The first-order valence-electron chi connectivity index (χ1n) is 12.2. The first-order chi connectivity index (χ1) is 19.0. The van der Waals surface area contributed by atoms with Crippen molar-refractivity contribution in [1.82, 2.24) is 4.57 Å². The minimum absolute atomic E-state index is 0.198. The molecule has 0 saturated carbocycles. The maximum atomic E-state index is 13.7. The van der Waals surface area contributed by atoms with Gasteiger partial charge in [-0.15, -0.1) is 0 Å². The predicted octanol–water partition coefficient (Wildman–Crippen LogP) is 3.43. The zero-order chi connectivity index (χ0) is 27.4. The van der Waals surface area contributed by atoms with Crippen LogP contribution in [-0.2, 0) is 14.3 Å². The van der Waals surface area contributed by atoms with Crippen LogP contribution in [0.3, 0.4) is 0 Å². The molecule has 39 heavy (non-hydrogen) atoms. The summed E-state index contributed by atoms with van der Waals surface area (Å²) in [5.74, 6) is -0.381. The van der Waals surface area contributed by atoms with E-state index >= 15 is 0 Å². The monoisotopic (exact) mass is 539 g/mol. The van der Waals surface area contributed by atoms with Gasteiger partial charge in [0.1, 0.15) is 5.75 Å². The van der Waals surface area contributed by atoms with Crippen LogP contribution in [0.4, 0.5) is 5.69 Å². The number of benzene rings is 3. The van der Waals surface area contributed by atoms with Crippen molar-refractivity contribution in [1.29, 1.82) is 0 Å². The van der Waals surface area contributed by atoms with E-state index in [1.165, 1.54) is 23.0 Å². The van der Waals surface area contributed by atoms with Crippen molar-refractivity contribution in [3.05, 3.63) is 127 Å². The van der Waals surface area contributed by atoms with Gasteiger partial charge in [0, 0.05) is 11.3 Å². The number of esters is 1. The maximum Gasteiger partial charge on any atom is 0.338 e. The third kappa shape index (κ3) is 5.44. The second-order valence-corrected chi connectivity index (χ2v) is 9.73. The predicted molar refractivity (Wildman–Crippen MR) is 149 cm³/mol. The topological polar surface area (TPSA) is 99.0 Å². The Hall–Kier alpha value is -4.76. The van der Waals surface area contributed by atoms with Crippen molar-refractivity contribution in [2.45, 2.75) is 13.0 Å². The quantitative estimate of drug-likeness (QED) is 0.363. The van der Waals surface area contributed by atoms with Crippen LogP contribution in [-0.4, -0.2) is 30.2 Å². The van der Waals surface area contributed by atoms with Gasteiger partial charge in [-0.05, 0) is 36.8 Å². The Labute approximate surface area is 228 Å². The SMILES string of the molecule is COC(=O)C1=C(C)N=c2sc(=Cc3ccccc3OCC(=O)Nc3ccccc3)c(=O)n2C1c1ccccc1. The van der Waals surface area contributed by atoms with E-state index in [2.05, 4.69) is 10.3 Å². The number of thiazole rings is 1. The van der Waals surface area contributed by atoms with Gasteiger partial charge in [-0.25, -0.2) is 9.79 Å². The lowest BCUT2D eigenvalue weighted by Gasteiger charge is -2.24. The Kier molecular flexibility index (Phi) is 7.51. The minimum atomic E-state index is -0.676. The molecule has 0 fully saturated rings. The number of amides is 1. The van der Waals surface area contributed by atoms with Crippen LogP contribution >= 0.6 is 11.3 Å². The molecule has 9 heteroatoms. The summed E-state index contributed by atoms with van der Waals surface area (Å²) in [5, 5.41) is 2.79. The Balaban J connectivity index is 1.51. The molecule has 0 saturated heterocycles. The fourth-order valence-corrected chi connectivity index (χ4v) is 5.42. The Morgan fingerprint density at radius 2 is 1.67 bits per heavy atom. The molecule has 1 amide bonds. The molecule has 0 aliphatic carbocycles. The lowest BCUT2D eigenvalue weighted by molar-refractivity contribution is -0.136. The van der Waals surface area contributed by atoms with Crippen molar-refractivity contribution in [2.75, 3.05) is 19.0 Å². The van der Waals surface area contributed by atoms with E-state index in [0.717, 1.165) is 5.56 Å². The van der Waals surface area contributed by atoms with Gasteiger partial charge in [0.05, 0.1) is 29.0 Å². The Bertz CT molecular complexity index is 1740. The largest absolute Gasteiger partial charge is 0.483 e. The molecule has 0 radical (unpaired) electrons. The van der Waals surface area contributed by atoms with Gasteiger partial charge < -0.3 is 14.8 Å². The standard InChI is InChI=1S/C30H25N3O5S/c1-19-26(29(36)37-2)27(20-11-5-3-6-12-20)33-28(35)24(39-30(33)31-19)17-21-13-9-10-16-23(21)38-18-25(34)32-22-14-7-4-8-15-22/h3-17,27H,18H2,1-2H3,(H,32,34). The summed E-state index contributed by atoms with van der Waals surface area (Å²) in [5.41, 5.74) is 2.60. The van der Waals surface area contributed by atoms with Gasteiger partial charge in [0.15, 0.2) is 11.4 Å². The van der Waals surface area contributed by atoms with Crippen molar-refractivity contribution in [3.63, 3.8) is 0 Å². The molecule has 1 aromatic heterocycles. The average Bonchev–Trinajstić information content (AvgIpc) is 3.26. The zero-order valence-corrected chi connectivity index (χ0v) is 22.1. The lowest BCUT2D eigenvalue weighted by atomic mass is 9.96. The van der Waals surface area contributed by atoms with Crippen LogP contribution in [0, 0.1) is 0 Å². The van der Waals surface area contributed by atoms with E-state index in [1.54, 1.807) is 37.3 Å². The molecule has 5 rings (SSSR count). The number of ether oxygens (including phenoxy) is 2. The molecule has 1 aliphatic rings. The third-order valence-electron chi connectivity index (χ3n) is 6.16. The van der Waals surface area contributed by atoms with E-state index in [4.69, 9.17) is 9.47 Å². The Morgan fingerprint density at radius 3 is 2.38 bits per heavy atom. The van der Waals surface area contributed by atoms with E-state index in [-0.39, 0.29) is 18.1 Å². The maximum absolute atomic E-state index is 13.7. The van der Waals surface area contributed by atoms with Crippen LogP contribution in [0.5, 0.6) is 5.75 Å². The highest BCUT2D eigenvalue weighted by Crippen LogP contribution is 2.30. The number of nitrogens with one attached hydrogen (secondary N) is 1. The van der Waals surface area contributed by atoms with Crippen LogP contribution in [0.25, 0.3) is 6.08 Å². The molecule has 2 heterocycles. The highest BCUT2D eigenvalue weighted by Gasteiger charge is 2.32. The number of rotatable bonds is 7. The molecule has 4 aromatic rings. The molecular formula is C30H25N3O5S. The number of anilines is 1. The van der Waals surface area contributed by atoms with Crippen molar-refractivity contribution >= 4 is 35.0 Å². The molecule has 1 atom stereocenters. The van der Waals surface area contributed by atoms with Gasteiger partial charge in [0.25, 0.3) is 11.5 Å². The zero-order valence-electron chi connectivity index (χ0n) is 21.3.